The largest absolute Gasteiger partial charge is 0.508 e. The van der Waals surface area contributed by atoms with Crippen molar-refractivity contribution < 1.29 is 24.9 Å². The van der Waals surface area contributed by atoms with Crippen LogP contribution in [0.3, 0.4) is 0 Å². The summed E-state index contributed by atoms with van der Waals surface area (Å²) >= 11 is 0. The van der Waals surface area contributed by atoms with Gasteiger partial charge in [0.15, 0.2) is 0 Å². The molecular weight excluding hydrogens is 322 g/mol. The van der Waals surface area contributed by atoms with Crippen LogP contribution in [0, 0.1) is 5.92 Å². The van der Waals surface area contributed by atoms with Gasteiger partial charge in [0.25, 0.3) is 0 Å². The Kier molecular flexibility index (Phi) is 8.26. The molecular formula is C19H25NO5. The number of phenolic OH excluding ortho intramolecular Hbond substituents is 2. The predicted molar refractivity (Wildman–Crippen MR) is 96.7 cm³/mol. The first kappa shape index (κ1) is 20.3. The predicted octanol–water partition coefficient (Wildman–Crippen LogP) is 3.60. The number of aryl methyl sites for hydroxylation is 1. The zero-order valence-corrected chi connectivity index (χ0v) is 14.5. The number of rotatable bonds is 9. The minimum absolute atomic E-state index is 0.0960. The molecule has 0 aromatic heterocycles. The van der Waals surface area contributed by atoms with Crippen molar-refractivity contribution in [2.75, 3.05) is 5.32 Å². The first-order valence-electron chi connectivity index (χ1n) is 8.20. The van der Waals surface area contributed by atoms with Gasteiger partial charge in [0.2, 0.25) is 5.91 Å². The van der Waals surface area contributed by atoms with Crippen molar-refractivity contribution >= 4 is 17.6 Å². The number of anilines is 1. The number of hydrogen-bond acceptors (Lipinski definition) is 4. The summed E-state index contributed by atoms with van der Waals surface area (Å²) in [5.41, 5.74) is 0.463. The van der Waals surface area contributed by atoms with Crippen molar-refractivity contribution in [1.29, 1.82) is 0 Å². The third kappa shape index (κ3) is 8.06. The van der Waals surface area contributed by atoms with Crippen molar-refractivity contribution in [2.24, 2.45) is 5.92 Å². The lowest BCUT2D eigenvalue weighted by Gasteiger charge is -2.10. The maximum Gasteiger partial charge on any atom is 0.303 e. The average molecular weight is 347 g/mol. The molecule has 0 spiro atoms. The Morgan fingerprint density at radius 3 is 2.52 bits per heavy atom. The number of carboxylic acid groups (broad SMARTS) is 1. The number of aliphatic carboxylic acids is 1. The van der Waals surface area contributed by atoms with Gasteiger partial charge < -0.3 is 20.6 Å². The molecule has 0 radical (unpaired) electrons. The molecule has 0 fully saturated rings. The molecule has 0 aliphatic heterocycles. The van der Waals surface area contributed by atoms with Gasteiger partial charge in [0, 0.05) is 18.6 Å². The first-order chi connectivity index (χ1) is 11.8. The minimum atomic E-state index is -0.995. The number of amides is 1. The Balaban J connectivity index is 2.66. The van der Waals surface area contributed by atoms with Crippen LogP contribution in [0.1, 0.15) is 38.7 Å². The van der Waals surface area contributed by atoms with Crippen LogP contribution < -0.4 is 5.32 Å². The summed E-state index contributed by atoms with van der Waals surface area (Å²) in [6.07, 6.45) is 8.66. The van der Waals surface area contributed by atoms with Gasteiger partial charge in [0.1, 0.15) is 11.5 Å². The van der Waals surface area contributed by atoms with Crippen molar-refractivity contribution in [1.82, 2.24) is 0 Å². The number of carbonyl (C=O) groups excluding carboxylic acids is 1. The van der Waals surface area contributed by atoms with E-state index in [4.69, 9.17) is 5.11 Å². The molecule has 1 rings (SSSR count). The Morgan fingerprint density at radius 1 is 1.16 bits per heavy atom. The van der Waals surface area contributed by atoms with Crippen molar-refractivity contribution in [2.45, 2.75) is 39.5 Å². The number of allylic oxidation sites excluding steroid dienone is 3. The van der Waals surface area contributed by atoms with E-state index in [0.29, 0.717) is 11.5 Å². The maximum atomic E-state index is 11.9. The van der Waals surface area contributed by atoms with Crippen LogP contribution >= 0.6 is 0 Å². The summed E-state index contributed by atoms with van der Waals surface area (Å²) in [4.78, 5) is 22.5. The fourth-order valence-corrected chi connectivity index (χ4v) is 2.09. The number of hydrogen-bond donors (Lipinski definition) is 4. The van der Waals surface area contributed by atoms with Crippen LogP contribution in [0.15, 0.2) is 36.4 Å². The Labute approximate surface area is 147 Å². The van der Waals surface area contributed by atoms with E-state index in [1.54, 1.807) is 12.2 Å². The van der Waals surface area contributed by atoms with Gasteiger partial charge in [0.05, 0.1) is 5.69 Å². The lowest BCUT2D eigenvalue weighted by atomic mass is 10.1. The van der Waals surface area contributed by atoms with E-state index in [2.05, 4.69) is 19.2 Å². The normalized spacial score (nSPS) is 11.5. The summed E-state index contributed by atoms with van der Waals surface area (Å²) in [5, 5.41) is 30.8. The van der Waals surface area contributed by atoms with E-state index in [9.17, 15) is 19.8 Å². The lowest BCUT2D eigenvalue weighted by molar-refractivity contribution is -0.137. The summed E-state index contributed by atoms with van der Waals surface area (Å²) in [7, 11) is 0. The topological polar surface area (TPSA) is 107 Å². The molecule has 136 valence electrons. The van der Waals surface area contributed by atoms with E-state index in [1.807, 2.05) is 6.08 Å². The van der Waals surface area contributed by atoms with Crippen LogP contribution in [0.2, 0.25) is 0 Å². The van der Waals surface area contributed by atoms with Gasteiger partial charge in [-0.3, -0.25) is 9.59 Å². The average Bonchev–Trinajstić information content (AvgIpc) is 2.51. The van der Waals surface area contributed by atoms with Crippen LogP contribution in [0.5, 0.6) is 11.5 Å². The van der Waals surface area contributed by atoms with Crippen LogP contribution in [-0.2, 0) is 16.0 Å². The molecule has 1 amide bonds. The second-order valence-corrected chi connectivity index (χ2v) is 6.14. The first-order valence-corrected chi connectivity index (χ1v) is 8.20. The molecule has 0 aliphatic rings. The smallest absolute Gasteiger partial charge is 0.303 e. The number of nitrogens with one attached hydrogen (secondary N) is 1. The quantitative estimate of drug-likeness (QED) is 0.236. The third-order valence-corrected chi connectivity index (χ3v) is 3.47. The molecule has 6 nitrogen and oxygen atoms in total. The monoisotopic (exact) mass is 347 g/mol. The van der Waals surface area contributed by atoms with Gasteiger partial charge in [-0.2, -0.15) is 0 Å². The molecule has 0 saturated heterocycles. The molecule has 0 atom stereocenters. The highest BCUT2D eigenvalue weighted by atomic mass is 16.4. The summed E-state index contributed by atoms with van der Waals surface area (Å²) in [6, 6.07) is 2.46. The molecule has 25 heavy (non-hydrogen) atoms. The van der Waals surface area contributed by atoms with Gasteiger partial charge in [-0.15, -0.1) is 0 Å². The molecule has 0 unspecified atom stereocenters. The summed E-state index contributed by atoms with van der Waals surface area (Å²) in [6.45, 7) is 4.29. The number of benzene rings is 1. The number of aromatic hydroxyl groups is 2. The SMILES string of the molecule is CC(C)CC/C=C/C=C/C(=O)Nc1cc(CCC(=O)O)c(O)cc1O. The standard InChI is InChI=1S/C19H25NO5/c1-13(2)7-5-3-4-6-8-18(23)20-15-11-14(9-10-19(24)25)16(21)12-17(15)22/h3-4,6,8,11-13,21-22H,5,7,9-10H2,1-2H3,(H,20,23)(H,24,25)/b4-3+,8-6+. The number of carbonyl (C=O) groups is 2. The fourth-order valence-electron chi connectivity index (χ4n) is 2.09. The van der Waals surface area contributed by atoms with Gasteiger partial charge in [-0.1, -0.05) is 32.1 Å². The summed E-state index contributed by atoms with van der Waals surface area (Å²) < 4.78 is 0. The lowest BCUT2D eigenvalue weighted by Crippen LogP contribution is -2.08. The van der Waals surface area contributed by atoms with E-state index in [-0.39, 0.29) is 30.0 Å². The second-order valence-electron chi connectivity index (χ2n) is 6.14. The van der Waals surface area contributed by atoms with E-state index < -0.39 is 11.9 Å². The highest BCUT2D eigenvalue weighted by molar-refractivity contribution is 6.00. The molecule has 0 bridgehead atoms. The molecule has 1 aromatic rings. The molecule has 0 aliphatic carbocycles. The zero-order valence-electron chi connectivity index (χ0n) is 14.5. The van der Waals surface area contributed by atoms with Gasteiger partial charge >= 0.3 is 5.97 Å². The van der Waals surface area contributed by atoms with Crippen LogP contribution in [-0.4, -0.2) is 27.2 Å². The van der Waals surface area contributed by atoms with Gasteiger partial charge in [-0.05, 0) is 36.8 Å². The molecule has 0 saturated carbocycles. The maximum absolute atomic E-state index is 11.9. The zero-order chi connectivity index (χ0) is 18.8. The Hall–Kier alpha value is -2.76. The van der Waals surface area contributed by atoms with Crippen LogP contribution in [0.25, 0.3) is 0 Å². The van der Waals surface area contributed by atoms with Crippen molar-refractivity contribution in [3.05, 3.63) is 42.0 Å². The molecule has 6 heteroatoms. The second kappa shape index (κ2) is 10.2. The van der Waals surface area contributed by atoms with Gasteiger partial charge in [-0.25, -0.2) is 0 Å². The van der Waals surface area contributed by atoms with E-state index >= 15 is 0 Å². The minimum Gasteiger partial charge on any atom is -0.508 e. The number of phenols is 2. The molecule has 0 heterocycles. The highest BCUT2D eigenvalue weighted by Crippen LogP contribution is 2.32. The number of carboxylic acids is 1. The van der Waals surface area contributed by atoms with Crippen molar-refractivity contribution in [3.63, 3.8) is 0 Å². The van der Waals surface area contributed by atoms with E-state index in [1.165, 1.54) is 12.1 Å². The molecule has 4 N–H and O–H groups in total. The molecule has 1 aromatic carbocycles. The summed E-state index contributed by atoms with van der Waals surface area (Å²) in [5.74, 6) is -1.29. The third-order valence-electron chi connectivity index (χ3n) is 3.47. The van der Waals surface area contributed by atoms with Crippen LogP contribution in [0.4, 0.5) is 5.69 Å². The Bertz CT molecular complexity index is 662. The highest BCUT2D eigenvalue weighted by Gasteiger charge is 2.11. The fraction of sp³-hybridized carbons (Fsp3) is 0.368. The Morgan fingerprint density at radius 2 is 1.88 bits per heavy atom. The van der Waals surface area contributed by atoms with E-state index in [0.717, 1.165) is 18.9 Å². The van der Waals surface area contributed by atoms with Crippen molar-refractivity contribution in [3.8, 4) is 11.5 Å².